The molecule has 0 saturated heterocycles. The molecule has 1 aromatic heterocycles. The highest BCUT2D eigenvalue weighted by atomic mass is 35.5. The molecule has 128 valence electrons. The molecule has 2 aromatic rings. The zero-order valence-electron chi connectivity index (χ0n) is 13.9. The van der Waals surface area contributed by atoms with Gasteiger partial charge in [-0.15, -0.1) is 0 Å². The maximum absolute atomic E-state index is 12.4. The summed E-state index contributed by atoms with van der Waals surface area (Å²) < 4.78 is 5.27. The molecule has 0 spiro atoms. The quantitative estimate of drug-likeness (QED) is 0.808. The van der Waals surface area contributed by atoms with Crippen LogP contribution >= 0.6 is 11.6 Å². The van der Waals surface area contributed by atoms with Gasteiger partial charge < -0.3 is 9.42 Å². The van der Waals surface area contributed by atoms with Crippen molar-refractivity contribution in [2.24, 2.45) is 5.92 Å². The van der Waals surface area contributed by atoms with E-state index in [4.69, 9.17) is 16.1 Å². The van der Waals surface area contributed by atoms with Crippen molar-refractivity contribution in [3.05, 3.63) is 35.2 Å². The van der Waals surface area contributed by atoms with Gasteiger partial charge in [0.1, 0.15) is 0 Å². The van der Waals surface area contributed by atoms with Gasteiger partial charge in [0.15, 0.2) is 0 Å². The third-order valence-electron chi connectivity index (χ3n) is 4.56. The lowest BCUT2D eigenvalue weighted by Gasteiger charge is -2.23. The average Bonchev–Trinajstić information content (AvgIpc) is 3.05. The van der Waals surface area contributed by atoms with E-state index < -0.39 is 0 Å². The second-order valence-corrected chi connectivity index (χ2v) is 6.91. The van der Waals surface area contributed by atoms with Crippen LogP contribution in [0.4, 0.5) is 0 Å². The van der Waals surface area contributed by atoms with Crippen molar-refractivity contribution >= 4 is 17.5 Å². The minimum absolute atomic E-state index is 0.146. The average molecular weight is 348 g/mol. The zero-order valence-corrected chi connectivity index (χ0v) is 14.6. The van der Waals surface area contributed by atoms with Crippen LogP contribution < -0.4 is 0 Å². The van der Waals surface area contributed by atoms with Crippen LogP contribution in [-0.4, -0.2) is 28.0 Å². The topological polar surface area (TPSA) is 59.2 Å². The van der Waals surface area contributed by atoms with E-state index in [1.807, 2.05) is 12.1 Å². The third-order valence-corrected chi connectivity index (χ3v) is 4.81. The van der Waals surface area contributed by atoms with Crippen molar-refractivity contribution in [1.82, 2.24) is 15.0 Å². The number of carbonyl (C=O) groups excluding carboxylic acids is 1. The summed E-state index contributed by atoms with van der Waals surface area (Å²) in [5.74, 6) is 1.63. The SMILES string of the molecule is CN(Cc1nc(-c2ccc(Cl)cc2)no1)C(=O)CC1CCCCC1. The van der Waals surface area contributed by atoms with Crippen LogP contribution in [0.3, 0.4) is 0 Å². The summed E-state index contributed by atoms with van der Waals surface area (Å²) >= 11 is 5.88. The molecule has 0 bridgehead atoms. The fraction of sp³-hybridized carbons (Fsp3) is 0.500. The highest BCUT2D eigenvalue weighted by Gasteiger charge is 2.20. The molecule has 1 heterocycles. The molecule has 1 aliphatic carbocycles. The predicted octanol–water partition coefficient (Wildman–Crippen LogP) is 4.32. The molecular weight excluding hydrogens is 326 g/mol. The standard InChI is InChI=1S/C18H22ClN3O2/c1-22(17(23)11-13-5-3-2-4-6-13)12-16-20-18(21-24-16)14-7-9-15(19)10-8-14/h7-10,13H,2-6,11-12H2,1H3. The van der Waals surface area contributed by atoms with E-state index >= 15 is 0 Å². The monoisotopic (exact) mass is 347 g/mol. The van der Waals surface area contributed by atoms with Crippen LogP contribution in [0.25, 0.3) is 11.4 Å². The number of amides is 1. The Balaban J connectivity index is 1.57. The summed E-state index contributed by atoms with van der Waals surface area (Å²) in [5, 5.41) is 4.64. The molecule has 24 heavy (non-hydrogen) atoms. The number of carbonyl (C=O) groups is 1. The van der Waals surface area contributed by atoms with Crippen molar-refractivity contribution in [3.8, 4) is 11.4 Å². The largest absolute Gasteiger partial charge is 0.337 e. The van der Waals surface area contributed by atoms with E-state index in [0.717, 1.165) is 5.56 Å². The third kappa shape index (κ3) is 4.35. The Hall–Kier alpha value is -1.88. The molecular formula is C18H22ClN3O2. The van der Waals surface area contributed by atoms with Crippen LogP contribution in [0, 0.1) is 5.92 Å². The summed E-state index contributed by atoms with van der Waals surface area (Å²) in [6.07, 6.45) is 6.75. The number of rotatable bonds is 5. The minimum atomic E-state index is 0.146. The van der Waals surface area contributed by atoms with Crippen LogP contribution in [0.5, 0.6) is 0 Å². The number of nitrogens with zero attached hydrogens (tertiary/aromatic N) is 3. The summed E-state index contributed by atoms with van der Waals surface area (Å²) in [7, 11) is 1.79. The Morgan fingerprint density at radius 1 is 1.25 bits per heavy atom. The molecule has 0 unspecified atom stereocenters. The lowest BCUT2D eigenvalue weighted by molar-refractivity contribution is -0.132. The van der Waals surface area contributed by atoms with Gasteiger partial charge in [0.05, 0.1) is 6.54 Å². The molecule has 0 aliphatic heterocycles. The van der Waals surface area contributed by atoms with Gasteiger partial charge in [-0.2, -0.15) is 4.98 Å². The first kappa shape index (κ1) is 17.0. The van der Waals surface area contributed by atoms with Gasteiger partial charge in [-0.05, 0) is 43.0 Å². The van der Waals surface area contributed by atoms with Crippen molar-refractivity contribution in [2.75, 3.05) is 7.05 Å². The number of halogens is 1. The van der Waals surface area contributed by atoms with Crippen LogP contribution in [0.15, 0.2) is 28.8 Å². The second-order valence-electron chi connectivity index (χ2n) is 6.48. The first-order chi connectivity index (χ1) is 11.6. The van der Waals surface area contributed by atoms with Gasteiger partial charge in [-0.25, -0.2) is 0 Å². The van der Waals surface area contributed by atoms with Crippen molar-refractivity contribution < 1.29 is 9.32 Å². The highest BCUT2D eigenvalue weighted by Crippen LogP contribution is 2.27. The molecule has 0 N–H and O–H groups in total. The molecule has 0 radical (unpaired) electrons. The number of benzene rings is 1. The lowest BCUT2D eigenvalue weighted by atomic mass is 9.87. The summed E-state index contributed by atoms with van der Waals surface area (Å²) in [5.41, 5.74) is 0.839. The molecule has 1 aromatic carbocycles. The van der Waals surface area contributed by atoms with E-state index in [1.165, 1.54) is 32.1 Å². The predicted molar refractivity (Wildman–Crippen MR) is 92.4 cm³/mol. The maximum atomic E-state index is 12.4. The van der Waals surface area contributed by atoms with E-state index in [2.05, 4.69) is 10.1 Å². The van der Waals surface area contributed by atoms with Gasteiger partial charge >= 0.3 is 0 Å². The van der Waals surface area contributed by atoms with Crippen LogP contribution in [0.1, 0.15) is 44.4 Å². The molecule has 6 heteroatoms. The lowest BCUT2D eigenvalue weighted by Crippen LogP contribution is -2.28. The smallest absolute Gasteiger partial charge is 0.246 e. The summed E-state index contributed by atoms with van der Waals surface area (Å²) in [6.45, 7) is 0.339. The normalized spacial score (nSPS) is 15.4. The first-order valence-corrected chi connectivity index (χ1v) is 8.82. The van der Waals surface area contributed by atoms with E-state index in [0.29, 0.717) is 35.6 Å². The Bertz CT molecular complexity index is 678. The van der Waals surface area contributed by atoms with Gasteiger partial charge in [0.25, 0.3) is 0 Å². The van der Waals surface area contributed by atoms with E-state index in [1.54, 1.807) is 24.1 Å². The molecule has 0 atom stereocenters. The van der Waals surface area contributed by atoms with Crippen LogP contribution in [0.2, 0.25) is 5.02 Å². The van der Waals surface area contributed by atoms with Gasteiger partial charge in [0, 0.05) is 24.1 Å². The summed E-state index contributed by atoms with van der Waals surface area (Å²) in [6, 6.07) is 7.25. The molecule has 5 nitrogen and oxygen atoms in total. The number of aromatic nitrogens is 2. The summed E-state index contributed by atoms with van der Waals surface area (Å²) in [4.78, 5) is 18.4. The van der Waals surface area contributed by atoms with Gasteiger partial charge in [-0.1, -0.05) is 36.0 Å². The van der Waals surface area contributed by atoms with Crippen LogP contribution in [-0.2, 0) is 11.3 Å². The Kier molecular flexibility index (Phi) is 5.51. The minimum Gasteiger partial charge on any atom is -0.337 e. The molecule has 3 rings (SSSR count). The molecule has 1 fully saturated rings. The van der Waals surface area contributed by atoms with Gasteiger partial charge in [0.2, 0.25) is 17.6 Å². The molecule has 1 saturated carbocycles. The fourth-order valence-corrected chi connectivity index (χ4v) is 3.25. The Morgan fingerprint density at radius 3 is 2.67 bits per heavy atom. The molecule has 1 amide bonds. The number of hydrogen-bond donors (Lipinski definition) is 0. The Labute approximate surface area is 147 Å². The number of hydrogen-bond acceptors (Lipinski definition) is 4. The second kappa shape index (κ2) is 7.79. The van der Waals surface area contributed by atoms with Crippen molar-refractivity contribution in [2.45, 2.75) is 45.1 Å². The van der Waals surface area contributed by atoms with E-state index in [-0.39, 0.29) is 5.91 Å². The van der Waals surface area contributed by atoms with Crippen molar-refractivity contribution in [1.29, 1.82) is 0 Å². The molecule has 1 aliphatic rings. The zero-order chi connectivity index (χ0) is 16.9. The maximum Gasteiger partial charge on any atom is 0.246 e. The first-order valence-electron chi connectivity index (χ1n) is 8.44. The fourth-order valence-electron chi connectivity index (χ4n) is 3.12. The van der Waals surface area contributed by atoms with Gasteiger partial charge in [-0.3, -0.25) is 4.79 Å². The highest BCUT2D eigenvalue weighted by molar-refractivity contribution is 6.30. The van der Waals surface area contributed by atoms with Crippen molar-refractivity contribution in [3.63, 3.8) is 0 Å². The van der Waals surface area contributed by atoms with E-state index in [9.17, 15) is 4.79 Å². The Morgan fingerprint density at radius 2 is 1.96 bits per heavy atom.